The molecule has 39 heavy (non-hydrogen) atoms. The molecule has 0 fully saturated rings. The Morgan fingerprint density at radius 3 is 2.59 bits per heavy atom. The predicted molar refractivity (Wildman–Crippen MR) is 141 cm³/mol. The van der Waals surface area contributed by atoms with Crippen LogP contribution in [0.2, 0.25) is 0 Å². The average Bonchev–Trinajstić information content (AvgIpc) is 3.39. The Hall–Kier alpha value is -5.22. The number of aryl methyl sites for hydroxylation is 2. The van der Waals surface area contributed by atoms with Crippen molar-refractivity contribution >= 4 is 29.2 Å². The fraction of sp³-hybridized carbons (Fsp3) is 0.115. The Bertz CT molecular complexity index is 1700. The normalized spacial score (nSPS) is 10.6. The number of carbonyl (C=O) groups is 1. The van der Waals surface area contributed by atoms with Gasteiger partial charge in [0.2, 0.25) is 16.9 Å². The molecular weight excluding hydrogens is 519 g/mol. The number of anilines is 2. The Morgan fingerprint density at radius 2 is 1.90 bits per heavy atom. The first-order valence-corrected chi connectivity index (χ1v) is 12.3. The summed E-state index contributed by atoms with van der Waals surface area (Å²) in [5.74, 6) is 0.265. The number of nitrogens with zero attached hydrogens (tertiary/aromatic N) is 8. The Kier molecular flexibility index (Phi) is 7.19. The van der Waals surface area contributed by atoms with Gasteiger partial charge in [0.25, 0.3) is 5.91 Å². The molecule has 0 saturated heterocycles. The highest BCUT2D eigenvalue weighted by Crippen LogP contribution is 2.21. The maximum absolute atomic E-state index is 13.3. The summed E-state index contributed by atoms with van der Waals surface area (Å²) in [7, 11) is 0. The molecule has 13 heteroatoms. The van der Waals surface area contributed by atoms with Gasteiger partial charge < -0.3 is 10.6 Å². The van der Waals surface area contributed by atoms with E-state index in [1.165, 1.54) is 12.3 Å². The molecule has 5 rings (SSSR count). The monoisotopic (exact) mass is 538 g/mol. The van der Waals surface area contributed by atoms with E-state index in [1.807, 2.05) is 19.1 Å². The highest BCUT2D eigenvalue weighted by molar-refractivity contribution is 7.06. The van der Waals surface area contributed by atoms with Crippen LogP contribution in [0.15, 0.2) is 54.9 Å². The van der Waals surface area contributed by atoms with E-state index >= 15 is 0 Å². The van der Waals surface area contributed by atoms with Crippen LogP contribution in [0.3, 0.4) is 0 Å². The Labute approximate surface area is 226 Å². The third-order valence-corrected chi connectivity index (χ3v) is 6.10. The van der Waals surface area contributed by atoms with Crippen molar-refractivity contribution in [3.8, 4) is 28.7 Å². The first-order chi connectivity index (χ1) is 18.9. The summed E-state index contributed by atoms with van der Waals surface area (Å²) < 4.78 is 17.3. The van der Waals surface area contributed by atoms with Gasteiger partial charge in [0.15, 0.2) is 5.82 Å². The van der Waals surface area contributed by atoms with Crippen LogP contribution in [0.25, 0.3) is 22.6 Å². The topological polar surface area (TPSA) is 155 Å². The first kappa shape index (κ1) is 25.4. The molecule has 0 aliphatic heterocycles. The summed E-state index contributed by atoms with van der Waals surface area (Å²) >= 11 is 0.988. The van der Waals surface area contributed by atoms with Crippen LogP contribution >= 0.6 is 11.5 Å². The van der Waals surface area contributed by atoms with Crippen molar-refractivity contribution in [3.05, 3.63) is 88.5 Å². The standard InChI is InChI=1S/C26H19FN10OS/c1-14-9-22(35-26-36-23(10-28)39-37-26)34-24(32-14)17-4-7-20(30-13-17)25(38)31-12-16-3-6-19(29-11-16)18-5-8-21(27)33-15(18)2/h3-9,11,13H,12H2,1-2H3,(H,31,38)(H,32,34,35,37). The molecule has 0 aliphatic carbocycles. The average molecular weight is 539 g/mol. The van der Waals surface area contributed by atoms with Gasteiger partial charge in [-0.1, -0.05) is 6.07 Å². The molecule has 5 heterocycles. The summed E-state index contributed by atoms with van der Waals surface area (Å²) in [5, 5.41) is 15.0. The van der Waals surface area contributed by atoms with Crippen molar-refractivity contribution in [2.24, 2.45) is 0 Å². The number of hydrogen-bond acceptors (Lipinski definition) is 11. The molecule has 0 unspecified atom stereocenters. The number of hydrogen-bond donors (Lipinski definition) is 2. The minimum atomic E-state index is -0.537. The van der Waals surface area contributed by atoms with E-state index in [1.54, 1.807) is 43.5 Å². The number of amides is 1. The first-order valence-electron chi connectivity index (χ1n) is 11.6. The second-order valence-corrected chi connectivity index (χ2v) is 9.06. The van der Waals surface area contributed by atoms with Gasteiger partial charge in [0.1, 0.15) is 17.6 Å². The Balaban J connectivity index is 1.22. The number of nitriles is 1. The molecule has 2 N–H and O–H groups in total. The van der Waals surface area contributed by atoms with Gasteiger partial charge in [-0.2, -0.15) is 19.0 Å². The number of rotatable bonds is 7. The second kappa shape index (κ2) is 11.0. The van der Waals surface area contributed by atoms with Crippen molar-refractivity contribution < 1.29 is 9.18 Å². The Morgan fingerprint density at radius 1 is 1.03 bits per heavy atom. The zero-order valence-corrected chi connectivity index (χ0v) is 21.5. The van der Waals surface area contributed by atoms with Crippen molar-refractivity contribution in [2.45, 2.75) is 20.4 Å². The smallest absolute Gasteiger partial charge is 0.270 e. The number of halogens is 1. The van der Waals surface area contributed by atoms with Crippen LogP contribution < -0.4 is 10.6 Å². The van der Waals surface area contributed by atoms with Gasteiger partial charge in [-0.25, -0.2) is 15.0 Å². The van der Waals surface area contributed by atoms with Crippen LogP contribution in [0.5, 0.6) is 0 Å². The maximum Gasteiger partial charge on any atom is 0.270 e. The van der Waals surface area contributed by atoms with Gasteiger partial charge in [-0.15, -0.1) is 0 Å². The molecule has 192 valence electrons. The zero-order chi connectivity index (χ0) is 27.4. The molecule has 5 aromatic rings. The van der Waals surface area contributed by atoms with Crippen LogP contribution in [-0.4, -0.2) is 40.2 Å². The van der Waals surface area contributed by atoms with E-state index in [0.717, 1.165) is 22.7 Å². The second-order valence-electron chi connectivity index (χ2n) is 8.31. The lowest BCUT2D eigenvalue weighted by atomic mass is 10.1. The third kappa shape index (κ3) is 6.03. The molecule has 0 atom stereocenters. The van der Waals surface area contributed by atoms with Crippen molar-refractivity contribution in [3.63, 3.8) is 0 Å². The lowest BCUT2D eigenvalue weighted by Crippen LogP contribution is -2.23. The van der Waals surface area contributed by atoms with Crippen LogP contribution in [0, 0.1) is 31.1 Å². The summed E-state index contributed by atoms with van der Waals surface area (Å²) in [6, 6.07) is 13.5. The molecule has 0 bridgehead atoms. The molecule has 0 spiro atoms. The van der Waals surface area contributed by atoms with Gasteiger partial charge in [0.05, 0.1) is 5.69 Å². The van der Waals surface area contributed by atoms with E-state index in [-0.39, 0.29) is 29.1 Å². The molecular formula is C26H19FN10OS. The summed E-state index contributed by atoms with van der Waals surface area (Å²) in [4.78, 5) is 38.1. The summed E-state index contributed by atoms with van der Waals surface area (Å²) in [5.41, 5.74) is 4.30. The van der Waals surface area contributed by atoms with Crippen LogP contribution in [0.4, 0.5) is 16.2 Å². The third-order valence-electron chi connectivity index (χ3n) is 5.48. The van der Waals surface area contributed by atoms with Crippen LogP contribution in [0.1, 0.15) is 32.4 Å². The lowest BCUT2D eigenvalue weighted by Gasteiger charge is -2.08. The highest BCUT2D eigenvalue weighted by atomic mass is 32.1. The molecule has 11 nitrogen and oxygen atoms in total. The van der Waals surface area contributed by atoms with E-state index < -0.39 is 5.95 Å². The van der Waals surface area contributed by atoms with Crippen molar-refractivity contribution in [1.82, 2.24) is 39.6 Å². The number of aromatic nitrogens is 7. The molecule has 1 amide bonds. The van der Waals surface area contributed by atoms with Crippen molar-refractivity contribution in [1.29, 1.82) is 5.26 Å². The van der Waals surface area contributed by atoms with Gasteiger partial charge in [0, 0.05) is 47.5 Å². The van der Waals surface area contributed by atoms with Gasteiger partial charge >= 0.3 is 0 Å². The van der Waals surface area contributed by atoms with E-state index in [4.69, 9.17) is 5.26 Å². The van der Waals surface area contributed by atoms with E-state index in [9.17, 15) is 9.18 Å². The van der Waals surface area contributed by atoms with Crippen LogP contribution in [-0.2, 0) is 6.54 Å². The maximum atomic E-state index is 13.3. The molecule has 0 saturated carbocycles. The fourth-order valence-corrected chi connectivity index (χ4v) is 4.05. The number of nitrogens with one attached hydrogen (secondary N) is 2. The minimum Gasteiger partial charge on any atom is -0.347 e. The van der Waals surface area contributed by atoms with E-state index in [0.29, 0.717) is 34.3 Å². The van der Waals surface area contributed by atoms with E-state index in [2.05, 4.69) is 44.9 Å². The quantitative estimate of drug-likeness (QED) is 0.289. The predicted octanol–water partition coefficient (Wildman–Crippen LogP) is 4.15. The zero-order valence-electron chi connectivity index (χ0n) is 20.7. The number of carbonyl (C=O) groups excluding carboxylic acids is 1. The largest absolute Gasteiger partial charge is 0.347 e. The SMILES string of the molecule is Cc1cc(Nc2nsc(C#N)n2)nc(-c2ccc(C(=O)NCc3ccc(-c4ccc(F)nc4C)nc3)nc2)n1. The summed E-state index contributed by atoms with van der Waals surface area (Å²) in [6.45, 7) is 3.80. The molecule has 0 aromatic carbocycles. The highest BCUT2D eigenvalue weighted by Gasteiger charge is 2.12. The summed E-state index contributed by atoms with van der Waals surface area (Å²) in [6.07, 6.45) is 3.18. The molecule has 5 aromatic heterocycles. The van der Waals surface area contributed by atoms with Gasteiger partial charge in [-0.3, -0.25) is 14.8 Å². The molecule has 0 aliphatic rings. The fourth-order valence-electron chi connectivity index (χ4n) is 3.62. The van der Waals surface area contributed by atoms with Gasteiger partial charge in [-0.05, 0) is 61.3 Å². The lowest BCUT2D eigenvalue weighted by molar-refractivity contribution is 0.0946. The molecule has 0 radical (unpaired) electrons. The minimum absolute atomic E-state index is 0.234. The number of pyridine rings is 3. The van der Waals surface area contributed by atoms with Crippen molar-refractivity contribution in [2.75, 3.05) is 5.32 Å².